The zero-order valence-corrected chi connectivity index (χ0v) is 14.1. The number of nitrogens with one attached hydrogen (secondary N) is 1. The van der Waals surface area contributed by atoms with E-state index in [0.29, 0.717) is 0 Å². The van der Waals surface area contributed by atoms with Crippen molar-refractivity contribution in [2.45, 2.75) is 53.1 Å². The number of ether oxygens (including phenoxy) is 2. The van der Waals surface area contributed by atoms with Gasteiger partial charge < -0.3 is 14.8 Å². The SMILES string of the molecule is CCOCCCn1nc(CC)c(CNCCOC)c1CC. The van der Waals surface area contributed by atoms with Gasteiger partial charge in [-0.15, -0.1) is 0 Å². The van der Waals surface area contributed by atoms with Gasteiger partial charge in [0.25, 0.3) is 0 Å². The van der Waals surface area contributed by atoms with Gasteiger partial charge in [-0.1, -0.05) is 13.8 Å². The highest BCUT2D eigenvalue weighted by Gasteiger charge is 2.14. The van der Waals surface area contributed by atoms with Crippen molar-refractivity contribution in [3.05, 3.63) is 17.0 Å². The van der Waals surface area contributed by atoms with E-state index in [1.54, 1.807) is 7.11 Å². The summed E-state index contributed by atoms with van der Waals surface area (Å²) < 4.78 is 12.7. The number of nitrogens with zero attached hydrogens (tertiary/aromatic N) is 2. The summed E-state index contributed by atoms with van der Waals surface area (Å²) in [5, 5.41) is 8.22. The topological polar surface area (TPSA) is 48.3 Å². The minimum absolute atomic E-state index is 0.741. The summed E-state index contributed by atoms with van der Waals surface area (Å²) in [6, 6.07) is 0. The van der Waals surface area contributed by atoms with Gasteiger partial charge in [0.2, 0.25) is 0 Å². The molecule has 5 heteroatoms. The van der Waals surface area contributed by atoms with Crippen LogP contribution in [0.3, 0.4) is 0 Å². The Hall–Kier alpha value is -0.910. The number of rotatable bonds is 12. The summed E-state index contributed by atoms with van der Waals surface area (Å²) in [4.78, 5) is 0. The summed E-state index contributed by atoms with van der Waals surface area (Å²) in [5.41, 5.74) is 3.94. The van der Waals surface area contributed by atoms with Crippen molar-refractivity contribution in [2.75, 3.05) is 33.5 Å². The van der Waals surface area contributed by atoms with Crippen molar-refractivity contribution in [3.8, 4) is 0 Å². The van der Waals surface area contributed by atoms with Gasteiger partial charge in [0.1, 0.15) is 0 Å². The molecule has 0 spiro atoms. The molecule has 1 aromatic heterocycles. The number of methoxy groups -OCH3 is 1. The molecule has 0 saturated heterocycles. The van der Waals surface area contributed by atoms with Crippen molar-refractivity contribution in [1.29, 1.82) is 0 Å². The molecule has 122 valence electrons. The maximum atomic E-state index is 5.42. The highest BCUT2D eigenvalue weighted by Crippen LogP contribution is 2.16. The van der Waals surface area contributed by atoms with Gasteiger partial charge in [-0.2, -0.15) is 5.10 Å². The van der Waals surface area contributed by atoms with E-state index in [1.807, 2.05) is 6.92 Å². The predicted octanol–water partition coefficient (Wildman–Crippen LogP) is 2.17. The second-order valence-electron chi connectivity index (χ2n) is 5.02. The molecule has 0 amide bonds. The van der Waals surface area contributed by atoms with E-state index in [0.717, 1.165) is 58.7 Å². The minimum atomic E-state index is 0.741. The molecular formula is C16H31N3O2. The van der Waals surface area contributed by atoms with Gasteiger partial charge in [0.15, 0.2) is 0 Å². The maximum Gasteiger partial charge on any atom is 0.0669 e. The standard InChI is InChI=1S/C16H31N3O2/c1-5-15-14(13-17-9-12-20-4)16(6-2)19(18-15)10-8-11-21-7-3/h17H,5-13H2,1-4H3. The fraction of sp³-hybridized carbons (Fsp3) is 0.812. The molecule has 21 heavy (non-hydrogen) atoms. The van der Waals surface area contributed by atoms with Gasteiger partial charge in [-0.05, 0) is 26.2 Å². The molecule has 0 unspecified atom stereocenters. The van der Waals surface area contributed by atoms with Crippen LogP contribution in [-0.2, 0) is 35.4 Å². The molecule has 5 nitrogen and oxygen atoms in total. The molecule has 0 aliphatic heterocycles. The molecule has 0 aliphatic carbocycles. The lowest BCUT2D eigenvalue weighted by Crippen LogP contribution is -2.20. The first kappa shape index (κ1) is 18.1. The molecule has 1 aromatic rings. The quantitative estimate of drug-likeness (QED) is 0.601. The number of aromatic nitrogens is 2. The molecule has 0 saturated carbocycles. The zero-order valence-electron chi connectivity index (χ0n) is 14.1. The lowest BCUT2D eigenvalue weighted by molar-refractivity contribution is 0.140. The molecule has 0 atom stereocenters. The lowest BCUT2D eigenvalue weighted by Gasteiger charge is -2.09. The van der Waals surface area contributed by atoms with E-state index in [4.69, 9.17) is 14.6 Å². The van der Waals surface area contributed by atoms with Crippen molar-refractivity contribution in [2.24, 2.45) is 0 Å². The third kappa shape index (κ3) is 5.77. The molecule has 0 radical (unpaired) electrons. The lowest BCUT2D eigenvalue weighted by atomic mass is 10.1. The highest BCUT2D eigenvalue weighted by atomic mass is 16.5. The van der Waals surface area contributed by atoms with Crippen LogP contribution in [0.5, 0.6) is 0 Å². The smallest absolute Gasteiger partial charge is 0.0669 e. The normalized spacial score (nSPS) is 11.2. The molecule has 0 aliphatic rings. The summed E-state index contributed by atoms with van der Waals surface area (Å²) in [6.07, 6.45) is 3.01. The largest absolute Gasteiger partial charge is 0.383 e. The van der Waals surface area contributed by atoms with E-state index in [1.165, 1.54) is 17.0 Å². The van der Waals surface area contributed by atoms with E-state index in [2.05, 4.69) is 23.8 Å². The summed E-state index contributed by atoms with van der Waals surface area (Å²) in [5.74, 6) is 0. The van der Waals surface area contributed by atoms with Gasteiger partial charge in [-0.25, -0.2) is 0 Å². The average molecular weight is 297 g/mol. The Morgan fingerprint density at radius 2 is 1.95 bits per heavy atom. The summed E-state index contributed by atoms with van der Waals surface area (Å²) in [6.45, 7) is 11.4. The molecule has 0 bridgehead atoms. The monoisotopic (exact) mass is 297 g/mol. The van der Waals surface area contributed by atoms with E-state index >= 15 is 0 Å². The fourth-order valence-electron chi connectivity index (χ4n) is 2.51. The molecule has 0 fully saturated rings. The Morgan fingerprint density at radius 3 is 2.57 bits per heavy atom. The average Bonchev–Trinajstić information content (AvgIpc) is 2.85. The summed E-state index contributed by atoms with van der Waals surface area (Å²) in [7, 11) is 1.73. The Balaban J connectivity index is 2.68. The van der Waals surface area contributed by atoms with Crippen molar-refractivity contribution in [3.63, 3.8) is 0 Å². The highest BCUT2D eigenvalue weighted by molar-refractivity contribution is 5.26. The first-order chi connectivity index (χ1) is 10.3. The van der Waals surface area contributed by atoms with Gasteiger partial charge >= 0.3 is 0 Å². The Bertz CT molecular complexity index is 391. The first-order valence-electron chi connectivity index (χ1n) is 8.13. The molecule has 1 rings (SSSR count). The van der Waals surface area contributed by atoms with Crippen LogP contribution < -0.4 is 5.32 Å². The van der Waals surface area contributed by atoms with E-state index in [-0.39, 0.29) is 0 Å². The second-order valence-corrected chi connectivity index (χ2v) is 5.02. The van der Waals surface area contributed by atoms with Crippen LogP contribution in [0.2, 0.25) is 0 Å². The number of aryl methyl sites for hydroxylation is 2. The van der Waals surface area contributed by atoms with Crippen molar-refractivity contribution < 1.29 is 9.47 Å². The summed E-state index contributed by atoms with van der Waals surface area (Å²) >= 11 is 0. The van der Waals surface area contributed by atoms with Crippen LogP contribution in [0.25, 0.3) is 0 Å². The van der Waals surface area contributed by atoms with Gasteiger partial charge in [-0.3, -0.25) is 4.68 Å². The molecule has 1 N–H and O–H groups in total. The van der Waals surface area contributed by atoms with Crippen LogP contribution in [-0.4, -0.2) is 43.3 Å². The second kappa shape index (κ2) is 10.8. The van der Waals surface area contributed by atoms with Crippen LogP contribution in [0.4, 0.5) is 0 Å². The van der Waals surface area contributed by atoms with E-state index in [9.17, 15) is 0 Å². The van der Waals surface area contributed by atoms with Gasteiger partial charge in [0.05, 0.1) is 12.3 Å². The molecule has 0 aromatic carbocycles. The van der Waals surface area contributed by atoms with Crippen LogP contribution in [0.15, 0.2) is 0 Å². The first-order valence-corrected chi connectivity index (χ1v) is 8.13. The molecular weight excluding hydrogens is 266 g/mol. The van der Waals surface area contributed by atoms with Crippen LogP contribution in [0.1, 0.15) is 44.1 Å². The predicted molar refractivity (Wildman–Crippen MR) is 85.7 cm³/mol. The van der Waals surface area contributed by atoms with Crippen molar-refractivity contribution >= 4 is 0 Å². The maximum absolute atomic E-state index is 5.42. The van der Waals surface area contributed by atoms with E-state index < -0.39 is 0 Å². The van der Waals surface area contributed by atoms with Crippen LogP contribution >= 0.6 is 0 Å². The van der Waals surface area contributed by atoms with Crippen LogP contribution in [0, 0.1) is 0 Å². The molecule has 1 heterocycles. The zero-order chi connectivity index (χ0) is 15.5. The third-order valence-electron chi connectivity index (χ3n) is 3.57. The number of hydrogen-bond acceptors (Lipinski definition) is 4. The third-order valence-corrected chi connectivity index (χ3v) is 3.57. The Morgan fingerprint density at radius 1 is 1.14 bits per heavy atom. The number of hydrogen-bond donors (Lipinski definition) is 1. The van der Waals surface area contributed by atoms with Gasteiger partial charge in [0, 0.05) is 51.2 Å². The Kier molecular flexibility index (Phi) is 9.30. The minimum Gasteiger partial charge on any atom is -0.383 e. The van der Waals surface area contributed by atoms with Crippen molar-refractivity contribution in [1.82, 2.24) is 15.1 Å². The fourth-order valence-corrected chi connectivity index (χ4v) is 2.51. The Labute approximate surface area is 129 Å².